The molecule has 0 amide bonds. The summed E-state index contributed by atoms with van der Waals surface area (Å²) in [7, 11) is 1.60. The van der Waals surface area contributed by atoms with Crippen LogP contribution in [0.5, 0.6) is 5.75 Å². The fourth-order valence-electron chi connectivity index (χ4n) is 4.74. The molecule has 4 heterocycles. The molecule has 6 rings (SSSR count). The van der Waals surface area contributed by atoms with Crippen molar-refractivity contribution in [2.45, 2.75) is 13.0 Å². The Balaban J connectivity index is 1.56. The number of aromatic nitrogens is 5. The Morgan fingerprint density at radius 2 is 1.79 bits per heavy atom. The van der Waals surface area contributed by atoms with Crippen LogP contribution in [0.15, 0.2) is 103 Å². The van der Waals surface area contributed by atoms with Crippen molar-refractivity contribution in [2.75, 3.05) is 12.4 Å². The summed E-state index contributed by atoms with van der Waals surface area (Å²) in [6, 6.07) is 22.9. The van der Waals surface area contributed by atoms with E-state index >= 15 is 0 Å². The second kappa shape index (κ2) is 9.74. The van der Waals surface area contributed by atoms with Gasteiger partial charge >= 0.3 is 0 Å². The second-order valence-electron chi connectivity index (χ2n) is 8.89. The molecule has 0 aliphatic carbocycles. The molecule has 0 unspecified atom stereocenters. The molecular weight excluding hydrogens is 476 g/mol. The maximum Gasteiger partial charge on any atom is 0.263 e. The van der Waals surface area contributed by atoms with Crippen molar-refractivity contribution in [2.24, 2.45) is 0 Å². The third-order valence-electron chi connectivity index (χ3n) is 6.54. The minimum atomic E-state index is -0.283. The number of methoxy groups -OCH3 is 1. The van der Waals surface area contributed by atoms with Crippen molar-refractivity contribution >= 4 is 27.6 Å². The summed E-state index contributed by atoms with van der Waals surface area (Å²) in [5.41, 5.74) is 4.45. The first-order valence-corrected chi connectivity index (χ1v) is 12.2. The Bertz CT molecular complexity index is 1830. The number of para-hydroxylation sites is 1. The van der Waals surface area contributed by atoms with Crippen LogP contribution in [0.4, 0.5) is 5.82 Å². The number of fused-ring (bicyclic) bond motifs is 2. The van der Waals surface area contributed by atoms with Gasteiger partial charge in [-0.3, -0.25) is 19.3 Å². The van der Waals surface area contributed by atoms with Crippen LogP contribution >= 0.6 is 0 Å². The predicted molar refractivity (Wildman–Crippen MR) is 149 cm³/mol. The van der Waals surface area contributed by atoms with E-state index in [0.717, 1.165) is 33.4 Å². The van der Waals surface area contributed by atoms with Crippen molar-refractivity contribution in [3.63, 3.8) is 0 Å². The smallest absolute Gasteiger partial charge is 0.263 e. The van der Waals surface area contributed by atoms with Gasteiger partial charge in [0.05, 0.1) is 30.3 Å². The van der Waals surface area contributed by atoms with E-state index in [4.69, 9.17) is 4.74 Å². The summed E-state index contributed by atoms with van der Waals surface area (Å²) in [5, 5.41) is 4.90. The molecule has 186 valence electrons. The molecule has 0 saturated heterocycles. The first-order chi connectivity index (χ1) is 18.6. The van der Waals surface area contributed by atoms with Crippen LogP contribution in [0.2, 0.25) is 0 Å². The summed E-state index contributed by atoms with van der Waals surface area (Å²) in [4.78, 5) is 31.8. The quantitative estimate of drug-likeness (QED) is 0.319. The van der Waals surface area contributed by atoms with Gasteiger partial charge in [0.2, 0.25) is 0 Å². The number of nitrogens with zero attached hydrogens (tertiary/aromatic N) is 5. The topological polar surface area (TPSA) is 94.8 Å². The fourth-order valence-corrected chi connectivity index (χ4v) is 4.74. The molecule has 0 bridgehead atoms. The van der Waals surface area contributed by atoms with Crippen molar-refractivity contribution in [3.05, 3.63) is 114 Å². The van der Waals surface area contributed by atoms with Gasteiger partial charge in [-0.15, -0.1) is 0 Å². The Morgan fingerprint density at radius 1 is 0.921 bits per heavy atom. The third kappa shape index (κ3) is 4.12. The van der Waals surface area contributed by atoms with Crippen molar-refractivity contribution in [1.82, 2.24) is 24.5 Å². The standard InChI is InChI=1S/C30H24N6O2/c1-19(35-29-28-25(33-18-34-29)12-7-13-32-28)26-15-20-8-6-11-24(21-14-23(38-2)17-31-16-21)27(20)30(37)36(26)22-9-4-3-5-10-22/h3-19H,1-2H3,(H,33,34,35)/t19-/m0/s1. The molecule has 0 fully saturated rings. The normalized spacial score (nSPS) is 11.9. The number of benzene rings is 2. The van der Waals surface area contributed by atoms with Crippen LogP contribution in [0.25, 0.3) is 38.6 Å². The zero-order valence-electron chi connectivity index (χ0n) is 20.9. The number of hydrogen-bond donors (Lipinski definition) is 1. The average molecular weight is 501 g/mol. The largest absolute Gasteiger partial charge is 0.495 e. The number of hydrogen-bond acceptors (Lipinski definition) is 7. The lowest BCUT2D eigenvalue weighted by atomic mass is 9.98. The highest BCUT2D eigenvalue weighted by atomic mass is 16.5. The zero-order valence-corrected chi connectivity index (χ0v) is 20.9. The first kappa shape index (κ1) is 23.3. The highest BCUT2D eigenvalue weighted by Crippen LogP contribution is 2.31. The molecular formula is C30H24N6O2. The van der Waals surface area contributed by atoms with E-state index in [-0.39, 0.29) is 11.6 Å². The molecule has 6 aromatic rings. The molecule has 4 aromatic heterocycles. The van der Waals surface area contributed by atoms with Crippen LogP contribution in [-0.4, -0.2) is 31.6 Å². The van der Waals surface area contributed by atoms with Gasteiger partial charge in [0.1, 0.15) is 17.6 Å². The molecule has 2 aromatic carbocycles. The molecule has 0 radical (unpaired) electrons. The lowest BCUT2D eigenvalue weighted by Gasteiger charge is -2.22. The second-order valence-corrected chi connectivity index (χ2v) is 8.89. The molecule has 0 spiro atoms. The first-order valence-electron chi connectivity index (χ1n) is 12.2. The zero-order chi connectivity index (χ0) is 26.1. The predicted octanol–water partition coefficient (Wildman–Crippen LogP) is 5.57. The highest BCUT2D eigenvalue weighted by Gasteiger charge is 2.20. The monoisotopic (exact) mass is 500 g/mol. The van der Waals surface area contributed by atoms with E-state index in [1.165, 1.54) is 6.33 Å². The van der Waals surface area contributed by atoms with E-state index in [2.05, 4.69) is 31.3 Å². The number of ether oxygens (including phenoxy) is 1. The number of nitrogens with one attached hydrogen (secondary N) is 1. The van der Waals surface area contributed by atoms with Gasteiger partial charge in [-0.2, -0.15) is 0 Å². The van der Waals surface area contributed by atoms with Crippen LogP contribution < -0.4 is 15.6 Å². The molecule has 0 aliphatic rings. The van der Waals surface area contributed by atoms with Crippen molar-refractivity contribution < 1.29 is 4.74 Å². The Morgan fingerprint density at radius 3 is 2.63 bits per heavy atom. The number of rotatable bonds is 6. The van der Waals surface area contributed by atoms with Gasteiger partial charge in [0.25, 0.3) is 5.56 Å². The Labute approximate surface area is 218 Å². The molecule has 38 heavy (non-hydrogen) atoms. The minimum Gasteiger partial charge on any atom is -0.495 e. The van der Waals surface area contributed by atoms with Crippen LogP contribution in [-0.2, 0) is 0 Å². The van der Waals surface area contributed by atoms with E-state index in [0.29, 0.717) is 22.5 Å². The SMILES string of the molecule is COc1cncc(-c2cccc3cc([C@H](C)Nc4ncnc5cccnc45)n(-c4ccccc4)c(=O)c23)c1. The minimum absolute atomic E-state index is 0.124. The highest BCUT2D eigenvalue weighted by molar-refractivity contribution is 5.96. The molecule has 0 saturated carbocycles. The summed E-state index contributed by atoms with van der Waals surface area (Å²) < 4.78 is 7.14. The Kier molecular flexibility index (Phi) is 5.97. The Hall–Kier alpha value is -5.11. The summed E-state index contributed by atoms with van der Waals surface area (Å²) in [6.45, 7) is 2.01. The molecule has 0 aliphatic heterocycles. The molecule has 1 N–H and O–H groups in total. The van der Waals surface area contributed by atoms with Gasteiger partial charge in [-0.05, 0) is 54.3 Å². The third-order valence-corrected chi connectivity index (χ3v) is 6.54. The summed E-state index contributed by atoms with van der Waals surface area (Å²) >= 11 is 0. The van der Waals surface area contributed by atoms with E-state index in [1.54, 1.807) is 30.3 Å². The lowest BCUT2D eigenvalue weighted by molar-refractivity contribution is 0.413. The summed E-state index contributed by atoms with van der Waals surface area (Å²) in [6.07, 6.45) is 6.62. The molecule has 1 atom stereocenters. The maximum absolute atomic E-state index is 14.3. The number of anilines is 1. The average Bonchev–Trinajstić information content (AvgIpc) is 2.97. The number of pyridine rings is 3. The molecule has 8 nitrogen and oxygen atoms in total. The van der Waals surface area contributed by atoms with Gasteiger partial charge < -0.3 is 10.1 Å². The van der Waals surface area contributed by atoms with Gasteiger partial charge in [-0.1, -0.05) is 36.4 Å². The lowest BCUT2D eigenvalue weighted by Crippen LogP contribution is -2.26. The summed E-state index contributed by atoms with van der Waals surface area (Å²) in [5.74, 6) is 1.23. The van der Waals surface area contributed by atoms with Crippen molar-refractivity contribution in [3.8, 4) is 22.6 Å². The van der Waals surface area contributed by atoms with Gasteiger partial charge in [0.15, 0.2) is 5.82 Å². The molecule has 8 heteroatoms. The van der Waals surface area contributed by atoms with Crippen LogP contribution in [0.3, 0.4) is 0 Å². The van der Waals surface area contributed by atoms with Gasteiger partial charge in [0, 0.05) is 29.3 Å². The van der Waals surface area contributed by atoms with E-state index < -0.39 is 0 Å². The van der Waals surface area contributed by atoms with Gasteiger partial charge in [-0.25, -0.2) is 9.97 Å². The van der Waals surface area contributed by atoms with Crippen LogP contribution in [0, 0.1) is 0 Å². The maximum atomic E-state index is 14.3. The fraction of sp³-hybridized carbons (Fsp3) is 0.100. The van der Waals surface area contributed by atoms with Crippen LogP contribution in [0.1, 0.15) is 18.7 Å². The van der Waals surface area contributed by atoms with E-state index in [1.807, 2.05) is 73.7 Å². The van der Waals surface area contributed by atoms with E-state index in [9.17, 15) is 4.79 Å². The van der Waals surface area contributed by atoms with Crippen molar-refractivity contribution in [1.29, 1.82) is 0 Å².